The number of carbonyl (C=O) groups is 2. The number of phenols is 2. The van der Waals surface area contributed by atoms with Gasteiger partial charge in [0, 0.05) is 114 Å². The minimum Gasteiger partial charge on any atom is -0.504 e. The first-order valence-electron chi connectivity index (χ1n) is 48.8. The van der Waals surface area contributed by atoms with Crippen LogP contribution in [0, 0.1) is 34.5 Å². The second-order valence-electron chi connectivity index (χ2n) is 43.9. The lowest BCUT2D eigenvalue weighted by molar-refractivity contribution is -0.247. The summed E-state index contributed by atoms with van der Waals surface area (Å²) in [6.45, 7) is 16.7. The highest BCUT2D eigenvalue weighted by molar-refractivity contribution is 5.93. The molecule has 29 rings (SSSR count). The quantitative estimate of drug-likeness (QED) is 0.0442. The average molecular weight is 1860 g/mol. The number of methoxy groups -OCH3 is 5. The molecule has 5 aromatic carbocycles. The summed E-state index contributed by atoms with van der Waals surface area (Å²) in [7, 11) is 19.8. The lowest BCUT2D eigenvalue weighted by atomic mass is 9.36. The number of hydrogen-bond acceptors (Lipinski definition) is 23. The van der Waals surface area contributed by atoms with Gasteiger partial charge in [0.05, 0.1) is 60.3 Å². The lowest BCUT2D eigenvalue weighted by Gasteiger charge is -2.72. The van der Waals surface area contributed by atoms with Crippen molar-refractivity contribution >= 4 is 11.8 Å². The van der Waals surface area contributed by atoms with Crippen LogP contribution in [0.5, 0.6) is 57.5 Å². The van der Waals surface area contributed by atoms with Crippen molar-refractivity contribution in [3.8, 4) is 57.5 Å². The van der Waals surface area contributed by atoms with Crippen LogP contribution in [-0.4, -0.2) is 254 Å². The van der Waals surface area contributed by atoms with Crippen LogP contribution in [0.15, 0.2) is 108 Å². The molecule has 14 aliphatic carbocycles. The minimum atomic E-state index is -0.881. The number of benzene rings is 5. The van der Waals surface area contributed by atoms with Crippen molar-refractivity contribution in [2.45, 2.75) is 323 Å². The Hall–Kier alpha value is -8.20. The molecule has 7 spiro atoms. The second kappa shape index (κ2) is 32.7. The van der Waals surface area contributed by atoms with Gasteiger partial charge in [0.15, 0.2) is 75.0 Å². The Labute approximate surface area is 801 Å². The molecule has 734 valence electrons. The Bertz CT molecular complexity index is 5730. The third-order valence-corrected chi connectivity index (χ3v) is 39.3. The van der Waals surface area contributed by atoms with E-state index in [9.17, 15) is 35.1 Å². The van der Waals surface area contributed by atoms with Crippen LogP contribution in [0.1, 0.15) is 231 Å². The molecule has 10 aliphatic heterocycles. The van der Waals surface area contributed by atoms with Crippen LogP contribution in [0.2, 0.25) is 0 Å². The number of likely N-dealkylation sites (tertiary alicyclic amines) is 5. The zero-order chi connectivity index (χ0) is 90.6. The molecule has 10 heterocycles. The fourth-order valence-electron chi connectivity index (χ4n) is 34.0. The predicted molar refractivity (Wildman–Crippen MR) is 522 cm³/mol. The molecule has 23 heteroatoms. The van der Waals surface area contributed by atoms with Crippen molar-refractivity contribution in [3.05, 3.63) is 164 Å². The standard InChI is InChI=1S/C27H35NO5.C25H33NO4.C19H21NO3.C18H23NO3.C18H21NO3.5CH4/c1-6-9-24(3,30)19-15-25-10-11-27(19,31-5)23-26(25)12-13-28(4)20(25)14-17-7-8-18(32-16(2)29)22(33-23)21(17)26;1-5-8-22(2,28)17-14-23-9-10-25(17,29-4)21-24(23)11-12-26(3)18(23)13-15-6-7-16(27)20(30-21)19(15)24;1-20-9-8-19-12-5-7-15(22-3)18(19)23-17-14(21-2)6-4-11(16(17)19)10-13(12)20;1-19-8-7-18-11-4-5-13(20)17(18)22-16-14(21-2)6-3-10(15(16)18)9-12(11)19;1-17-14(21)6-4-11-12-9-10-3-5-13(20)16(22-17)15(10)18(11,17)7-8-19(12)2;;;;;/h7-8,10-11,19-20,23,30H,6,9,12-15H2,1-5H3;6-7,9-10,17-18,21,27-28H,5,8,11-14H2,1-4H3;4-7,13,18H,8-10H2,1-3H3;3,6,11-13,17,20H,4-5,7-9H2,1-2H3;3,5,11-12,20H,4,6-9H2,1-2H3;5*1H4/t19?,20-,23?,24?,25?,26+,27?;17?,18-,21?,22?,23?,24+,25?;13-,18?,19+;11?,12-,13?,17?,18+;11?,12-,17?,18+;;;;;/m11111...../s1. The number of allylic oxidation sites excluding steroid dienone is 2. The number of piperidine rings is 5. The van der Waals surface area contributed by atoms with Crippen molar-refractivity contribution in [2.24, 2.45) is 34.5 Å². The fourth-order valence-corrected chi connectivity index (χ4v) is 34.0. The molecular formula is C112H153N5O18. The van der Waals surface area contributed by atoms with E-state index in [1.807, 2.05) is 45.0 Å². The number of carbonyl (C=O) groups excluding carboxylic acids is 2. The van der Waals surface area contributed by atoms with Gasteiger partial charge in [-0.05, 0) is 280 Å². The van der Waals surface area contributed by atoms with Crippen molar-refractivity contribution in [2.75, 3.05) is 104 Å². The van der Waals surface area contributed by atoms with Crippen molar-refractivity contribution in [1.82, 2.24) is 24.5 Å². The molecule has 23 nitrogen and oxygen atoms in total. The summed E-state index contributed by atoms with van der Waals surface area (Å²) in [6.07, 6.45) is 31.1. The van der Waals surface area contributed by atoms with Crippen LogP contribution < -0.4 is 37.9 Å². The van der Waals surface area contributed by atoms with E-state index in [4.69, 9.17) is 52.1 Å². The van der Waals surface area contributed by atoms with E-state index in [1.165, 1.54) is 62.6 Å². The van der Waals surface area contributed by atoms with Crippen LogP contribution in [0.4, 0.5) is 0 Å². The Kier molecular flexibility index (Phi) is 23.5. The van der Waals surface area contributed by atoms with E-state index in [1.54, 1.807) is 47.7 Å². The molecule has 16 unspecified atom stereocenters. The Morgan fingerprint density at radius 3 is 1.53 bits per heavy atom. The number of Topliss-reactive ketones (excluding diaryl/α,β-unsaturated/α-hetero) is 1. The number of rotatable bonds is 12. The van der Waals surface area contributed by atoms with Gasteiger partial charge in [0.2, 0.25) is 0 Å². The maximum absolute atomic E-state index is 12.8. The van der Waals surface area contributed by atoms with Gasteiger partial charge >= 0.3 is 5.97 Å². The first-order chi connectivity index (χ1) is 62.3. The Balaban J connectivity index is 0.000000113. The highest BCUT2D eigenvalue weighted by atomic mass is 16.6. The van der Waals surface area contributed by atoms with Gasteiger partial charge in [-0.25, -0.2) is 0 Å². The number of ketones is 1. The number of nitrogens with zero attached hydrogens (tertiary/aromatic N) is 5. The van der Waals surface area contributed by atoms with Gasteiger partial charge < -0.3 is 97.2 Å². The largest absolute Gasteiger partial charge is 0.504 e. The van der Waals surface area contributed by atoms with Crippen LogP contribution in [0.3, 0.4) is 0 Å². The monoisotopic (exact) mass is 1860 g/mol. The molecular weight excluding hydrogens is 1700 g/mol. The summed E-state index contributed by atoms with van der Waals surface area (Å²) in [6, 6.07) is 22.4. The number of ether oxygens (including phenoxy) is 11. The highest BCUT2D eigenvalue weighted by Gasteiger charge is 2.83. The van der Waals surface area contributed by atoms with Gasteiger partial charge in [-0.3, -0.25) is 14.5 Å². The van der Waals surface area contributed by atoms with Crippen LogP contribution in [0.25, 0.3) is 0 Å². The maximum atomic E-state index is 12.8. The fraction of sp³-hybridized carbons (Fsp3) is 0.643. The van der Waals surface area contributed by atoms with E-state index in [0.717, 1.165) is 183 Å². The zero-order valence-electron chi connectivity index (χ0n) is 78.8. The first-order valence-corrected chi connectivity index (χ1v) is 48.8. The molecule has 5 N–H and O–H groups in total. The number of phenolic OH excluding ortho intramolecular Hbond substituents is 2. The zero-order valence-corrected chi connectivity index (χ0v) is 78.8. The number of fused-ring (bicyclic) bond motifs is 2. The molecule has 4 saturated carbocycles. The Morgan fingerprint density at radius 2 is 0.978 bits per heavy atom. The number of aliphatic hydroxyl groups is 3. The summed E-state index contributed by atoms with van der Waals surface area (Å²) in [5, 5.41) is 55.2. The second-order valence-corrected chi connectivity index (χ2v) is 43.9. The summed E-state index contributed by atoms with van der Waals surface area (Å²) in [5.74, 6) is 8.03. The van der Waals surface area contributed by atoms with Gasteiger partial charge in [-0.1, -0.05) is 125 Å². The highest BCUT2D eigenvalue weighted by Crippen LogP contribution is 2.79. The van der Waals surface area contributed by atoms with Crippen molar-refractivity contribution in [3.63, 3.8) is 0 Å². The third kappa shape index (κ3) is 11.8. The van der Waals surface area contributed by atoms with Crippen LogP contribution >= 0.6 is 0 Å². The molecule has 9 fully saturated rings. The molecule has 5 saturated heterocycles. The average Bonchev–Trinajstić information content (AvgIpc) is 1.54. The summed E-state index contributed by atoms with van der Waals surface area (Å²) in [5.41, 5.74) is 9.38. The number of hydrogen-bond donors (Lipinski definition) is 5. The summed E-state index contributed by atoms with van der Waals surface area (Å²) >= 11 is 0. The van der Waals surface area contributed by atoms with E-state index < -0.39 is 28.0 Å². The smallest absolute Gasteiger partial charge is 0.308 e. The van der Waals surface area contributed by atoms with Crippen LogP contribution in [-0.2, 0) is 83.0 Å². The van der Waals surface area contributed by atoms with E-state index in [0.29, 0.717) is 77.9 Å². The lowest BCUT2D eigenvalue weighted by Crippen LogP contribution is -2.80. The van der Waals surface area contributed by atoms with Gasteiger partial charge in [-0.2, -0.15) is 0 Å². The molecule has 0 aromatic heterocycles. The van der Waals surface area contributed by atoms with E-state index in [2.05, 4.69) is 134 Å². The van der Waals surface area contributed by atoms with Crippen molar-refractivity contribution in [1.29, 1.82) is 0 Å². The number of esters is 1. The van der Waals surface area contributed by atoms with Gasteiger partial charge in [0.1, 0.15) is 35.3 Å². The molecule has 0 amide bonds. The topological polar surface area (TPSA) is 253 Å². The summed E-state index contributed by atoms with van der Waals surface area (Å²) in [4.78, 5) is 37.2. The molecule has 135 heavy (non-hydrogen) atoms. The van der Waals surface area contributed by atoms with Gasteiger partial charge in [-0.15, -0.1) is 0 Å². The Morgan fingerprint density at radius 1 is 0.504 bits per heavy atom. The van der Waals surface area contributed by atoms with Gasteiger partial charge in [0.25, 0.3) is 0 Å². The predicted octanol–water partition coefficient (Wildman–Crippen LogP) is 15.9. The summed E-state index contributed by atoms with van der Waals surface area (Å²) < 4.78 is 67.9. The number of aliphatic hydroxyl groups excluding tert-OH is 1. The van der Waals surface area contributed by atoms with E-state index >= 15 is 0 Å². The maximum Gasteiger partial charge on any atom is 0.308 e. The number of aromatic hydroxyl groups is 2. The normalized spacial score (nSPS) is 39.3. The first kappa shape index (κ1) is 97.0. The molecule has 26 atom stereocenters. The SMILES string of the molecule is C.C.C.C.C.CCCC(C)(O)C1CC23C=CC1(OC)C1Oc4c(O)ccc5c4[C@@]12CCN(C)[C@@H]3C5.CCCC(C)(O)C1CC23C=CC1(OC)C1Oc4c(OC(C)=O)ccc5c4[C@@]12CCN(C)[C@@H]3C5.CN1CC[C@]23c4c5ccc(O)c4OC2(C)C(=O)CCC3[C@H]1C5.COC1=CC=C2[C@H]3Cc4ccc(OC)c5c4[C@@]2(CCN3C)C1O5.COc1ccc2c3c1OC1C(O)CCC4[C@@H](C2)N(C)CC[C@]314. The van der Waals surface area contributed by atoms with Crippen molar-refractivity contribution < 1.29 is 87.2 Å². The molecule has 5 aromatic rings. The molecule has 14 bridgehead atoms. The number of likely N-dealkylation sites (N-methyl/N-ethyl adjacent to an activating group) is 5. The molecule has 24 aliphatic rings. The third-order valence-electron chi connectivity index (χ3n) is 39.3. The molecule has 0 radical (unpaired) electrons. The minimum absolute atomic E-state index is 0. The van der Waals surface area contributed by atoms with E-state index in [-0.39, 0.29) is 141 Å².